The number of aliphatic imine (C=N–C) groups is 1. The van der Waals surface area contributed by atoms with Crippen molar-refractivity contribution in [1.82, 2.24) is 4.57 Å². The van der Waals surface area contributed by atoms with Gasteiger partial charge in [0.25, 0.3) is 0 Å². The third kappa shape index (κ3) is 3.77. The van der Waals surface area contributed by atoms with Gasteiger partial charge >= 0.3 is 11.9 Å². The van der Waals surface area contributed by atoms with Crippen LogP contribution >= 0.6 is 0 Å². The molecule has 0 amide bonds. The standard InChI is InChI=1S/C18H22N4O4/c1-17(2,3)26-16(24)18(6-5-8-21-18)7-9-22-11-12(10-19)13(20)14(22)15(23)25-4/h5-6,8,11H,7,9,20H2,1-4H3. The smallest absolute Gasteiger partial charge is 0.356 e. The van der Waals surface area contributed by atoms with E-state index in [0.717, 1.165) is 0 Å². The molecule has 1 unspecified atom stereocenters. The van der Waals surface area contributed by atoms with Gasteiger partial charge < -0.3 is 19.8 Å². The summed E-state index contributed by atoms with van der Waals surface area (Å²) in [4.78, 5) is 28.9. The van der Waals surface area contributed by atoms with Gasteiger partial charge in [-0.25, -0.2) is 9.59 Å². The summed E-state index contributed by atoms with van der Waals surface area (Å²) in [6.45, 7) is 5.56. The molecule has 0 saturated carbocycles. The van der Waals surface area contributed by atoms with Crippen LogP contribution < -0.4 is 5.73 Å². The number of nitriles is 1. The van der Waals surface area contributed by atoms with Gasteiger partial charge in [0.15, 0.2) is 11.2 Å². The molecule has 0 fully saturated rings. The molecule has 1 aromatic heterocycles. The summed E-state index contributed by atoms with van der Waals surface area (Å²) >= 11 is 0. The number of aromatic nitrogens is 1. The van der Waals surface area contributed by atoms with Gasteiger partial charge in [-0.1, -0.05) is 0 Å². The molecule has 1 aliphatic rings. The van der Waals surface area contributed by atoms with Gasteiger partial charge in [0.1, 0.15) is 11.7 Å². The Morgan fingerprint density at radius 3 is 2.62 bits per heavy atom. The first-order valence-electron chi connectivity index (χ1n) is 8.07. The normalized spacial score (nSPS) is 18.6. The number of allylic oxidation sites excluding steroid dienone is 1. The highest BCUT2D eigenvalue weighted by atomic mass is 16.6. The fourth-order valence-corrected chi connectivity index (χ4v) is 2.61. The molecule has 0 aliphatic carbocycles. The fraction of sp³-hybridized carbons (Fsp3) is 0.444. The molecule has 26 heavy (non-hydrogen) atoms. The summed E-state index contributed by atoms with van der Waals surface area (Å²) in [5, 5.41) is 9.15. The molecular weight excluding hydrogens is 336 g/mol. The number of esters is 2. The van der Waals surface area contributed by atoms with Crippen LogP contribution in [0.25, 0.3) is 0 Å². The van der Waals surface area contributed by atoms with Crippen LogP contribution in [0.5, 0.6) is 0 Å². The Labute approximate surface area is 151 Å². The summed E-state index contributed by atoms with van der Waals surface area (Å²) in [7, 11) is 1.23. The maximum absolute atomic E-state index is 12.6. The van der Waals surface area contributed by atoms with Crippen molar-refractivity contribution in [3.05, 3.63) is 29.6 Å². The summed E-state index contributed by atoms with van der Waals surface area (Å²) < 4.78 is 11.7. The van der Waals surface area contributed by atoms with Gasteiger partial charge in [0, 0.05) is 25.4 Å². The molecule has 8 heteroatoms. The second-order valence-corrected chi connectivity index (χ2v) is 6.92. The molecule has 0 radical (unpaired) electrons. The van der Waals surface area contributed by atoms with E-state index in [0.29, 0.717) is 0 Å². The first-order valence-corrected chi connectivity index (χ1v) is 8.07. The quantitative estimate of drug-likeness (QED) is 0.802. The fourth-order valence-electron chi connectivity index (χ4n) is 2.61. The average Bonchev–Trinajstić information content (AvgIpc) is 3.16. The molecule has 2 rings (SSSR count). The maximum Gasteiger partial charge on any atom is 0.356 e. The van der Waals surface area contributed by atoms with Gasteiger partial charge in [0.05, 0.1) is 18.4 Å². The number of anilines is 1. The molecule has 2 heterocycles. The Morgan fingerprint density at radius 1 is 1.42 bits per heavy atom. The minimum atomic E-state index is -1.17. The number of nitrogens with two attached hydrogens (primary N) is 1. The summed E-state index contributed by atoms with van der Waals surface area (Å²) in [5.41, 5.74) is 4.34. The minimum Gasteiger partial charge on any atom is -0.464 e. The van der Waals surface area contributed by atoms with Crippen LogP contribution in [0.15, 0.2) is 23.3 Å². The van der Waals surface area contributed by atoms with Crippen LogP contribution in [0.4, 0.5) is 5.69 Å². The highest BCUT2D eigenvalue weighted by Gasteiger charge is 2.40. The van der Waals surface area contributed by atoms with Gasteiger partial charge in [-0.3, -0.25) is 4.99 Å². The number of hydrogen-bond donors (Lipinski definition) is 1. The number of rotatable bonds is 5. The van der Waals surface area contributed by atoms with Crippen LogP contribution in [-0.2, 0) is 20.8 Å². The first-order chi connectivity index (χ1) is 12.1. The van der Waals surface area contributed by atoms with E-state index in [1.807, 2.05) is 6.07 Å². The van der Waals surface area contributed by atoms with Crippen molar-refractivity contribution in [2.75, 3.05) is 12.8 Å². The molecule has 138 valence electrons. The van der Waals surface area contributed by atoms with Crippen LogP contribution in [0.2, 0.25) is 0 Å². The zero-order valence-corrected chi connectivity index (χ0v) is 15.3. The Hall–Kier alpha value is -3.08. The molecule has 0 spiro atoms. The van der Waals surface area contributed by atoms with E-state index >= 15 is 0 Å². The molecule has 1 aliphatic heterocycles. The second kappa shape index (κ2) is 7.04. The van der Waals surface area contributed by atoms with E-state index in [-0.39, 0.29) is 29.9 Å². The molecule has 0 bridgehead atoms. The molecule has 0 saturated heterocycles. The summed E-state index contributed by atoms with van der Waals surface area (Å²) in [5.74, 6) is -1.13. The van der Waals surface area contributed by atoms with E-state index in [1.165, 1.54) is 24.1 Å². The number of nitrogens with zero attached hydrogens (tertiary/aromatic N) is 3. The Bertz CT molecular complexity index is 809. The monoisotopic (exact) mass is 358 g/mol. The van der Waals surface area contributed by atoms with Crippen molar-refractivity contribution in [3.8, 4) is 6.07 Å². The molecular formula is C18H22N4O4. The Balaban J connectivity index is 2.30. The van der Waals surface area contributed by atoms with Gasteiger partial charge in [-0.2, -0.15) is 5.26 Å². The number of aryl methyl sites for hydroxylation is 1. The largest absolute Gasteiger partial charge is 0.464 e. The molecule has 0 aromatic carbocycles. The van der Waals surface area contributed by atoms with Crippen LogP contribution in [0.3, 0.4) is 0 Å². The lowest BCUT2D eigenvalue weighted by molar-refractivity contribution is -0.159. The van der Waals surface area contributed by atoms with Gasteiger partial charge in [0.2, 0.25) is 0 Å². The highest BCUT2D eigenvalue weighted by molar-refractivity contribution is 5.95. The molecule has 1 aromatic rings. The molecule has 8 nitrogen and oxygen atoms in total. The van der Waals surface area contributed by atoms with Crippen molar-refractivity contribution in [2.45, 2.75) is 44.9 Å². The summed E-state index contributed by atoms with van der Waals surface area (Å²) in [6.07, 6.45) is 6.58. The predicted molar refractivity (Wildman–Crippen MR) is 95.7 cm³/mol. The maximum atomic E-state index is 12.6. The second-order valence-electron chi connectivity index (χ2n) is 6.92. The summed E-state index contributed by atoms with van der Waals surface area (Å²) in [6, 6.07) is 1.94. The van der Waals surface area contributed by atoms with Gasteiger partial charge in [-0.05, 0) is 32.9 Å². The first kappa shape index (κ1) is 19.2. The van der Waals surface area contributed by atoms with Crippen molar-refractivity contribution in [1.29, 1.82) is 5.26 Å². The number of carbonyl (C=O) groups is 2. The third-order valence-corrected chi connectivity index (χ3v) is 3.87. The van der Waals surface area contributed by atoms with Crippen molar-refractivity contribution in [2.24, 2.45) is 4.99 Å². The molecule has 2 N–H and O–H groups in total. The lowest BCUT2D eigenvalue weighted by Crippen LogP contribution is -2.40. The lowest BCUT2D eigenvalue weighted by atomic mass is 9.96. The predicted octanol–water partition coefficient (Wildman–Crippen LogP) is 1.84. The Morgan fingerprint density at radius 2 is 2.12 bits per heavy atom. The third-order valence-electron chi connectivity index (χ3n) is 3.87. The van der Waals surface area contributed by atoms with Crippen LogP contribution in [-0.4, -0.2) is 41.0 Å². The van der Waals surface area contributed by atoms with E-state index in [2.05, 4.69) is 4.99 Å². The van der Waals surface area contributed by atoms with E-state index in [9.17, 15) is 9.59 Å². The van der Waals surface area contributed by atoms with E-state index < -0.39 is 23.1 Å². The lowest BCUT2D eigenvalue weighted by Gasteiger charge is -2.28. The molecule has 1 atom stereocenters. The highest BCUT2D eigenvalue weighted by Crippen LogP contribution is 2.29. The average molecular weight is 358 g/mol. The number of hydrogen-bond acceptors (Lipinski definition) is 7. The SMILES string of the molecule is COC(=O)c1c(N)c(C#N)cn1CCC1(C(=O)OC(C)(C)C)C=CC=N1. The van der Waals surface area contributed by atoms with Crippen LogP contribution in [0, 0.1) is 11.3 Å². The van der Waals surface area contributed by atoms with Crippen molar-refractivity contribution in [3.63, 3.8) is 0 Å². The van der Waals surface area contributed by atoms with Crippen LogP contribution in [0.1, 0.15) is 43.2 Å². The van der Waals surface area contributed by atoms with E-state index in [1.54, 1.807) is 32.9 Å². The number of nitrogen functional groups attached to an aromatic ring is 1. The minimum absolute atomic E-state index is 0.0520. The van der Waals surface area contributed by atoms with Crippen molar-refractivity contribution >= 4 is 23.8 Å². The topological polar surface area (TPSA) is 120 Å². The van der Waals surface area contributed by atoms with Crippen molar-refractivity contribution < 1.29 is 19.1 Å². The Kier molecular flexibility index (Phi) is 5.21. The zero-order chi connectivity index (χ0) is 19.5. The number of ether oxygens (including phenoxy) is 2. The van der Waals surface area contributed by atoms with E-state index in [4.69, 9.17) is 20.5 Å². The zero-order valence-electron chi connectivity index (χ0n) is 15.3. The number of carbonyl (C=O) groups excluding carboxylic acids is 2. The van der Waals surface area contributed by atoms with Gasteiger partial charge in [-0.15, -0.1) is 0 Å². The number of methoxy groups -OCH3 is 1.